The molecule has 92 valence electrons. The molecule has 0 aliphatic carbocycles. The average molecular weight is 233 g/mol. The third kappa shape index (κ3) is 6.00. The van der Waals surface area contributed by atoms with Gasteiger partial charge in [0.05, 0.1) is 19.3 Å². The number of hydrogen-bond donors (Lipinski definition) is 1. The summed E-state index contributed by atoms with van der Waals surface area (Å²) in [6.45, 7) is 6.98. The minimum atomic E-state index is -0.281. The highest BCUT2D eigenvalue weighted by atomic mass is 16.5. The van der Waals surface area contributed by atoms with Gasteiger partial charge in [-0.15, -0.1) is 0 Å². The summed E-state index contributed by atoms with van der Waals surface area (Å²) in [5.74, 6) is 0. The molecule has 0 aliphatic heterocycles. The van der Waals surface area contributed by atoms with Crippen LogP contribution in [0.1, 0.15) is 26.3 Å². The van der Waals surface area contributed by atoms with Crippen molar-refractivity contribution in [3.8, 4) is 6.07 Å². The van der Waals surface area contributed by atoms with Gasteiger partial charge in [-0.3, -0.25) is 10.3 Å². The van der Waals surface area contributed by atoms with Crippen LogP contribution in [0, 0.1) is 11.3 Å². The third-order valence-corrected chi connectivity index (χ3v) is 2.07. The van der Waals surface area contributed by atoms with E-state index in [9.17, 15) is 0 Å². The van der Waals surface area contributed by atoms with Crippen molar-refractivity contribution in [2.45, 2.75) is 39.0 Å². The molecule has 4 nitrogen and oxygen atoms in total. The second-order valence-electron chi connectivity index (χ2n) is 4.95. The summed E-state index contributed by atoms with van der Waals surface area (Å²) in [6.07, 6.45) is 3.46. The van der Waals surface area contributed by atoms with Crippen LogP contribution in [-0.4, -0.2) is 23.2 Å². The molecule has 1 unspecified atom stereocenters. The number of rotatable bonds is 5. The monoisotopic (exact) mass is 233 g/mol. The second kappa shape index (κ2) is 6.33. The van der Waals surface area contributed by atoms with Gasteiger partial charge in [0.2, 0.25) is 0 Å². The molecule has 0 saturated heterocycles. The van der Waals surface area contributed by atoms with E-state index in [4.69, 9.17) is 10.00 Å². The summed E-state index contributed by atoms with van der Waals surface area (Å²) in [7, 11) is 0. The molecule has 1 aromatic rings. The molecule has 0 bridgehead atoms. The van der Waals surface area contributed by atoms with Crippen LogP contribution in [0.15, 0.2) is 24.5 Å². The van der Waals surface area contributed by atoms with E-state index in [1.807, 2.05) is 32.9 Å². The molecule has 1 atom stereocenters. The Kier molecular flexibility index (Phi) is 5.08. The molecule has 0 spiro atoms. The van der Waals surface area contributed by atoms with Crippen molar-refractivity contribution in [1.82, 2.24) is 10.3 Å². The van der Waals surface area contributed by atoms with Crippen LogP contribution < -0.4 is 5.32 Å². The van der Waals surface area contributed by atoms with Gasteiger partial charge in [0.15, 0.2) is 0 Å². The number of nitrogens with zero attached hydrogens (tertiary/aromatic N) is 2. The number of nitrogens with one attached hydrogen (secondary N) is 1. The lowest BCUT2D eigenvalue weighted by molar-refractivity contribution is 0.104. The van der Waals surface area contributed by atoms with Crippen molar-refractivity contribution in [2.24, 2.45) is 0 Å². The van der Waals surface area contributed by atoms with E-state index >= 15 is 0 Å². The maximum Gasteiger partial charge on any atom is 0.119 e. The van der Waals surface area contributed by atoms with Gasteiger partial charge in [-0.2, -0.15) is 5.26 Å². The Morgan fingerprint density at radius 1 is 1.41 bits per heavy atom. The highest BCUT2D eigenvalue weighted by Crippen LogP contribution is 2.03. The van der Waals surface area contributed by atoms with Gasteiger partial charge >= 0.3 is 0 Å². The second-order valence-corrected chi connectivity index (χ2v) is 4.95. The maximum atomic E-state index is 8.98. The Morgan fingerprint density at radius 2 is 2.06 bits per heavy atom. The van der Waals surface area contributed by atoms with E-state index in [-0.39, 0.29) is 11.6 Å². The molecule has 1 heterocycles. The predicted octanol–water partition coefficient (Wildman–Crippen LogP) is 1.88. The van der Waals surface area contributed by atoms with Crippen LogP contribution in [0.5, 0.6) is 0 Å². The summed E-state index contributed by atoms with van der Waals surface area (Å²) < 4.78 is 5.51. The van der Waals surface area contributed by atoms with Crippen LogP contribution in [-0.2, 0) is 11.3 Å². The Labute approximate surface area is 103 Å². The van der Waals surface area contributed by atoms with E-state index in [1.54, 1.807) is 12.4 Å². The normalized spacial score (nSPS) is 13.1. The van der Waals surface area contributed by atoms with Crippen LogP contribution >= 0.6 is 0 Å². The quantitative estimate of drug-likeness (QED) is 0.843. The van der Waals surface area contributed by atoms with Crippen LogP contribution in [0.3, 0.4) is 0 Å². The Bertz CT molecular complexity index is 364. The molecule has 0 amide bonds. The molecule has 0 aliphatic rings. The Hall–Kier alpha value is -1.44. The fourth-order valence-electron chi connectivity index (χ4n) is 1.41. The van der Waals surface area contributed by atoms with Crippen molar-refractivity contribution in [1.29, 1.82) is 5.26 Å². The zero-order valence-electron chi connectivity index (χ0n) is 10.6. The third-order valence-electron chi connectivity index (χ3n) is 2.07. The summed E-state index contributed by atoms with van der Waals surface area (Å²) >= 11 is 0. The number of hydrogen-bond acceptors (Lipinski definition) is 4. The van der Waals surface area contributed by atoms with Crippen LogP contribution in [0.2, 0.25) is 0 Å². The first-order chi connectivity index (χ1) is 8.01. The van der Waals surface area contributed by atoms with E-state index in [0.29, 0.717) is 13.2 Å². The highest BCUT2D eigenvalue weighted by Gasteiger charge is 2.16. The Balaban J connectivity index is 2.32. The average Bonchev–Trinajstić information content (AvgIpc) is 2.27. The van der Waals surface area contributed by atoms with Crippen molar-refractivity contribution >= 4 is 0 Å². The highest BCUT2D eigenvalue weighted by molar-refractivity contribution is 5.08. The smallest absolute Gasteiger partial charge is 0.119 e. The Morgan fingerprint density at radius 3 is 2.59 bits per heavy atom. The molecular weight excluding hydrogens is 214 g/mol. The van der Waals surface area contributed by atoms with Gasteiger partial charge in [-0.25, -0.2) is 0 Å². The van der Waals surface area contributed by atoms with Gasteiger partial charge < -0.3 is 4.74 Å². The molecule has 0 radical (unpaired) electrons. The minimum Gasteiger partial charge on any atom is -0.374 e. The topological polar surface area (TPSA) is 57.9 Å². The van der Waals surface area contributed by atoms with Gasteiger partial charge in [0.25, 0.3) is 0 Å². The van der Waals surface area contributed by atoms with Gasteiger partial charge in [0.1, 0.15) is 6.04 Å². The molecule has 0 fully saturated rings. The zero-order valence-corrected chi connectivity index (χ0v) is 10.6. The minimum absolute atomic E-state index is 0.0829. The fraction of sp³-hybridized carbons (Fsp3) is 0.538. The number of pyridine rings is 1. The van der Waals surface area contributed by atoms with Crippen LogP contribution in [0.4, 0.5) is 0 Å². The largest absolute Gasteiger partial charge is 0.374 e. The van der Waals surface area contributed by atoms with Crippen molar-refractivity contribution in [2.75, 3.05) is 6.61 Å². The van der Waals surface area contributed by atoms with Crippen molar-refractivity contribution < 1.29 is 4.74 Å². The van der Waals surface area contributed by atoms with Gasteiger partial charge in [-0.05, 0) is 38.5 Å². The summed E-state index contributed by atoms with van der Waals surface area (Å²) in [5.41, 5.74) is 0.980. The van der Waals surface area contributed by atoms with Crippen molar-refractivity contribution in [3.63, 3.8) is 0 Å². The molecule has 0 saturated carbocycles. The summed E-state index contributed by atoms with van der Waals surface area (Å²) in [4.78, 5) is 3.93. The first-order valence-electron chi connectivity index (χ1n) is 5.65. The van der Waals surface area contributed by atoms with E-state index < -0.39 is 0 Å². The lowest BCUT2D eigenvalue weighted by Crippen LogP contribution is -2.45. The predicted molar refractivity (Wildman–Crippen MR) is 66.2 cm³/mol. The summed E-state index contributed by atoms with van der Waals surface area (Å²) in [5, 5.41) is 12.2. The molecule has 1 aromatic heterocycles. The molecule has 17 heavy (non-hydrogen) atoms. The number of ether oxygens (including phenoxy) is 1. The standard InChI is InChI=1S/C13H19N3O/c1-13(2,3)16-12(8-14)10-17-9-11-4-6-15-7-5-11/h4-7,12,16H,9-10H2,1-3H3. The molecule has 1 N–H and O–H groups in total. The first kappa shape index (κ1) is 13.6. The molecular formula is C13H19N3O. The zero-order chi connectivity index (χ0) is 12.7. The fourth-order valence-corrected chi connectivity index (χ4v) is 1.41. The maximum absolute atomic E-state index is 8.98. The van der Waals surface area contributed by atoms with Crippen LogP contribution in [0.25, 0.3) is 0 Å². The SMILES string of the molecule is CC(C)(C)NC(C#N)COCc1ccncc1. The number of nitriles is 1. The first-order valence-corrected chi connectivity index (χ1v) is 5.65. The lowest BCUT2D eigenvalue weighted by atomic mass is 10.1. The molecule has 4 heteroatoms. The van der Waals surface area contributed by atoms with Crippen molar-refractivity contribution in [3.05, 3.63) is 30.1 Å². The molecule has 0 aromatic carbocycles. The van der Waals surface area contributed by atoms with E-state index in [2.05, 4.69) is 16.4 Å². The lowest BCUT2D eigenvalue weighted by Gasteiger charge is -2.24. The van der Waals surface area contributed by atoms with Gasteiger partial charge in [-0.1, -0.05) is 0 Å². The van der Waals surface area contributed by atoms with E-state index in [1.165, 1.54) is 0 Å². The molecule has 1 rings (SSSR count). The van der Waals surface area contributed by atoms with E-state index in [0.717, 1.165) is 5.56 Å². The number of aromatic nitrogens is 1. The summed E-state index contributed by atoms with van der Waals surface area (Å²) in [6, 6.07) is 5.72. The van der Waals surface area contributed by atoms with Gasteiger partial charge in [0, 0.05) is 17.9 Å².